The number of para-hydroxylation sites is 2. The Kier molecular flexibility index (Phi) is 12.7. The van der Waals surface area contributed by atoms with Crippen LogP contribution < -0.4 is 9.47 Å². The lowest BCUT2D eigenvalue weighted by atomic mass is 10.1. The fourth-order valence-corrected chi connectivity index (χ4v) is 2.97. The number of unbranched alkanes of at least 4 members (excludes halogenated alkanes) is 5. The van der Waals surface area contributed by atoms with Gasteiger partial charge in [0.2, 0.25) is 0 Å². The van der Waals surface area contributed by atoms with Crippen LogP contribution in [0.3, 0.4) is 0 Å². The number of hydrogen-bond donors (Lipinski definition) is 0. The largest absolute Gasteiger partial charge is 0.427 e. The van der Waals surface area contributed by atoms with Crippen molar-refractivity contribution in [2.75, 3.05) is 0 Å². The van der Waals surface area contributed by atoms with Crippen molar-refractivity contribution in [3.05, 3.63) is 97.1 Å². The number of esters is 2. The quantitative estimate of drug-likeness (QED) is 0.186. The van der Waals surface area contributed by atoms with E-state index >= 15 is 0 Å². The molecule has 0 spiro atoms. The molecule has 0 fully saturated rings. The summed E-state index contributed by atoms with van der Waals surface area (Å²) in [5, 5.41) is 0. The Morgan fingerprint density at radius 3 is 1.06 bits per heavy atom. The molecule has 0 aliphatic rings. The minimum absolute atomic E-state index is 0.181. The molecule has 0 saturated carbocycles. The molecule has 0 aliphatic carbocycles. The predicted molar refractivity (Wildman–Crippen MR) is 128 cm³/mol. The Labute approximate surface area is 191 Å². The van der Waals surface area contributed by atoms with Crippen LogP contribution in [0.4, 0.5) is 0 Å². The summed E-state index contributed by atoms with van der Waals surface area (Å²) in [6, 6.07) is 30.3. The highest BCUT2D eigenvalue weighted by atomic mass is 16.5. The van der Waals surface area contributed by atoms with E-state index in [9.17, 15) is 9.59 Å². The van der Waals surface area contributed by atoms with Crippen molar-refractivity contribution < 1.29 is 19.1 Å². The van der Waals surface area contributed by atoms with E-state index in [1.807, 2.05) is 72.8 Å². The maximum Gasteiger partial charge on any atom is 0.311 e. The fraction of sp³-hybridized carbons (Fsp3) is 0.286. The summed E-state index contributed by atoms with van der Waals surface area (Å²) in [6.07, 6.45) is 6.68. The Morgan fingerprint density at radius 2 is 0.719 bits per heavy atom. The molecule has 4 nitrogen and oxygen atoms in total. The van der Waals surface area contributed by atoms with Crippen LogP contribution in [0.1, 0.15) is 51.4 Å². The highest BCUT2D eigenvalue weighted by Crippen LogP contribution is 2.14. The van der Waals surface area contributed by atoms with Gasteiger partial charge in [0.15, 0.2) is 0 Å². The van der Waals surface area contributed by atoms with Crippen LogP contribution in [-0.4, -0.2) is 11.9 Å². The monoisotopic (exact) mass is 432 g/mol. The van der Waals surface area contributed by atoms with Crippen LogP contribution in [-0.2, 0) is 9.59 Å². The summed E-state index contributed by atoms with van der Waals surface area (Å²) in [5.41, 5.74) is 0. The molecule has 0 heterocycles. The van der Waals surface area contributed by atoms with E-state index in [4.69, 9.17) is 9.47 Å². The molecule has 3 aromatic rings. The summed E-state index contributed by atoms with van der Waals surface area (Å²) in [5.74, 6) is 0.833. The summed E-state index contributed by atoms with van der Waals surface area (Å²) >= 11 is 0. The maximum atomic E-state index is 11.7. The van der Waals surface area contributed by atoms with Gasteiger partial charge >= 0.3 is 11.9 Å². The second-order valence-corrected chi connectivity index (χ2v) is 7.35. The number of rotatable bonds is 11. The molecule has 0 saturated heterocycles. The molecular formula is C28H32O4. The minimum atomic E-state index is -0.181. The Balaban J connectivity index is 0.000000520. The van der Waals surface area contributed by atoms with Crippen LogP contribution in [0, 0.1) is 0 Å². The molecule has 0 amide bonds. The smallest absolute Gasteiger partial charge is 0.311 e. The molecule has 0 unspecified atom stereocenters. The summed E-state index contributed by atoms with van der Waals surface area (Å²) in [6.45, 7) is 0. The van der Waals surface area contributed by atoms with Gasteiger partial charge in [-0.15, -0.1) is 0 Å². The lowest BCUT2D eigenvalue weighted by molar-refractivity contribution is -0.135. The van der Waals surface area contributed by atoms with E-state index in [-0.39, 0.29) is 11.9 Å². The molecule has 3 rings (SSSR count). The van der Waals surface area contributed by atoms with Gasteiger partial charge < -0.3 is 9.47 Å². The third kappa shape index (κ3) is 12.3. The van der Waals surface area contributed by atoms with Crippen LogP contribution in [0.15, 0.2) is 97.1 Å². The van der Waals surface area contributed by atoms with Gasteiger partial charge in [0.05, 0.1) is 0 Å². The molecule has 0 atom stereocenters. The Hall–Kier alpha value is -3.40. The number of ether oxygens (including phenoxy) is 2. The normalized spacial score (nSPS) is 9.88. The lowest BCUT2D eigenvalue weighted by Gasteiger charge is -2.05. The molecule has 32 heavy (non-hydrogen) atoms. The van der Waals surface area contributed by atoms with E-state index in [1.165, 1.54) is 0 Å². The standard InChI is InChI=1S/C22H26O4.C6H6/c23-21(25-19-13-7-5-8-14-19)17-11-3-1-2-4-12-18-22(24)26-20-15-9-6-10-16-20;1-2-4-6-5-3-1/h5-10,13-16H,1-4,11-12,17-18H2;1-6H. The Morgan fingerprint density at radius 1 is 0.438 bits per heavy atom. The zero-order valence-corrected chi connectivity index (χ0v) is 18.5. The number of carbonyl (C=O) groups excluding carboxylic acids is 2. The van der Waals surface area contributed by atoms with E-state index in [0.29, 0.717) is 24.3 Å². The highest BCUT2D eigenvalue weighted by Gasteiger charge is 2.05. The number of carbonyl (C=O) groups is 2. The van der Waals surface area contributed by atoms with Crippen molar-refractivity contribution >= 4 is 11.9 Å². The molecule has 168 valence electrons. The van der Waals surface area contributed by atoms with Crippen molar-refractivity contribution in [2.45, 2.75) is 51.4 Å². The van der Waals surface area contributed by atoms with Crippen molar-refractivity contribution in [3.8, 4) is 11.5 Å². The molecule has 0 bridgehead atoms. The van der Waals surface area contributed by atoms with Crippen molar-refractivity contribution in [2.24, 2.45) is 0 Å². The van der Waals surface area contributed by atoms with Crippen molar-refractivity contribution in [1.29, 1.82) is 0 Å². The van der Waals surface area contributed by atoms with Gasteiger partial charge in [0.25, 0.3) is 0 Å². The van der Waals surface area contributed by atoms with Crippen LogP contribution in [0.5, 0.6) is 11.5 Å². The minimum Gasteiger partial charge on any atom is -0.427 e. The van der Waals surface area contributed by atoms with Gasteiger partial charge in [0.1, 0.15) is 11.5 Å². The van der Waals surface area contributed by atoms with Gasteiger partial charge in [-0.1, -0.05) is 98.5 Å². The average molecular weight is 433 g/mol. The third-order valence-electron chi connectivity index (χ3n) is 4.63. The molecule has 0 N–H and O–H groups in total. The first-order valence-corrected chi connectivity index (χ1v) is 11.3. The van der Waals surface area contributed by atoms with Gasteiger partial charge in [-0.2, -0.15) is 0 Å². The van der Waals surface area contributed by atoms with E-state index < -0.39 is 0 Å². The molecule has 0 aromatic heterocycles. The predicted octanol–water partition coefficient (Wildman–Crippen LogP) is 7.01. The SMILES string of the molecule is O=C(CCCCCCCCC(=O)Oc1ccccc1)Oc1ccccc1.c1ccccc1. The highest BCUT2D eigenvalue weighted by molar-refractivity contribution is 5.72. The number of hydrogen-bond acceptors (Lipinski definition) is 4. The zero-order valence-electron chi connectivity index (χ0n) is 18.5. The zero-order chi connectivity index (χ0) is 22.7. The third-order valence-corrected chi connectivity index (χ3v) is 4.63. The van der Waals surface area contributed by atoms with Crippen LogP contribution in [0.25, 0.3) is 0 Å². The molecule has 4 heteroatoms. The Bertz CT molecular complexity index is 778. The molecule has 0 aliphatic heterocycles. The summed E-state index contributed by atoms with van der Waals surface area (Å²) < 4.78 is 10.5. The second kappa shape index (κ2) is 16.3. The summed E-state index contributed by atoms with van der Waals surface area (Å²) in [4.78, 5) is 23.4. The van der Waals surface area contributed by atoms with Gasteiger partial charge in [-0.05, 0) is 37.1 Å². The van der Waals surface area contributed by atoms with E-state index in [0.717, 1.165) is 38.5 Å². The fourth-order valence-electron chi connectivity index (χ4n) is 2.97. The maximum absolute atomic E-state index is 11.7. The van der Waals surface area contributed by atoms with Crippen molar-refractivity contribution in [1.82, 2.24) is 0 Å². The first-order valence-electron chi connectivity index (χ1n) is 11.3. The van der Waals surface area contributed by atoms with Crippen LogP contribution >= 0.6 is 0 Å². The van der Waals surface area contributed by atoms with Gasteiger partial charge in [-0.3, -0.25) is 9.59 Å². The van der Waals surface area contributed by atoms with Gasteiger partial charge in [-0.25, -0.2) is 0 Å². The summed E-state index contributed by atoms with van der Waals surface area (Å²) in [7, 11) is 0. The molecular weight excluding hydrogens is 400 g/mol. The molecule has 0 radical (unpaired) electrons. The lowest BCUT2D eigenvalue weighted by Crippen LogP contribution is -2.07. The topological polar surface area (TPSA) is 52.6 Å². The number of benzene rings is 3. The van der Waals surface area contributed by atoms with E-state index in [2.05, 4.69) is 0 Å². The first-order chi connectivity index (χ1) is 15.7. The van der Waals surface area contributed by atoms with Gasteiger partial charge in [0, 0.05) is 12.8 Å². The molecule has 3 aromatic carbocycles. The average Bonchev–Trinajstić information content (AvgIpc) is 2.83. The van der Waals surface area contributed by atoms with Crippen LogP contribution in [0.2, 0.25) is 0 Å². The van der Waals surface area contributed by atoms with Crippen molar-refractivity contribution in [3.63, 3.8) is 0 Å². The second-order valence-electron chi connectivity index (χ2n) is 7.35. The first kappa shape index (κ1) is 24.9. The van der Waals surface area contributed by atoms with E-state index in [1.54, 1.807) is 24.3 Å².